The number of nitrogens with zero attached hydrogens (tertiary/aromatic N) is 2. The molecular weight excluding hydrogens is 276 g/mol. The van der Waals surface area contributed by atoms with Gasteiger partial charge in [-0.2, -0.15) is 4.98 Å². The van der Waals surface area contributed by atoms with Crippen LogP contribution in [0.1, 0.15) is 12.8 Å². The zero-order chi connectivity index (χ0) is 14.5. The van der Waals surface area contributed by atoms with Crippen molar-refractivity contribution < 1.29 is 33.8 Å². The summed E-state index contributed by atoms with van der Waals surface area (Å²) in [5.74, 6) is -4.00. The normalized spacial score (nSPS) is 24.8. The van der Waals surface area contributed by atoms with Crippen LogP contribution in [-0.2, 0) is 14.4 Å². The van der Waals surface area contributed by atoms with Crippen LogP contribution in [0.15, 0.2) is 11.0 Å². The second-order valence-corrected chi connectivity index (χ2v) is 4.22. The van der Waals surface area contributed by atoms with E-state index in [2.05, 4.69) is 14.6 Å². The van der Waals surface area contributed by atoms with Gasteiger partial charge in [0.2, 0.25) is 5.75 Å². The third-order valence-electron chi connectivity index (χ3n) is 2.72. The van der Waals surface area contributed by atoms with E-state index in [1.54, 1.807) is 0 Å². The minimum Gasteiger partial charge on any atom is -0.419 e. The maximum atomic E-state index is 11.9. The van der Waals surface area contributed by atoms with Gasteiger partial charge in [-0.05, 0) is 0 Å². The van der Waals surface area contributed by atoms with Gasteiger partial charge in [0.05, 0.1) is 19.0 Å². The zero-order valence-corrected chi connectivity index (χ0v) is 9.69. The summed E-state index contributed by atoms with van der Waals surface area (Å²) in [7, 11) is 0. The molecular formula is C10H6N2O8. The van der Waals surface area contributed by atoms with E-state index in [0.29, 0.717) is 0 Å². The number of hydrogen-bond donors (Lipinski definition) is 1. The highest BCUT2D eigenvalue weighted by atomic mass is 16.7. The molecule has 10 heteroatoms. The lowest BCUT2D eigenvalue weighted by molar-refractivity contribution is -0.178. The van der Waals surface area contributed by atoms with E-state index in [1.165, 1.54) is 0 Å². The molecule has 0 radical (unpaired) electrons. The Balaban J connectivity index is 2.30. The summed E-state index contributed by atoms with van der Waals surface area (Å²) in [4.78, 5) is 55.1. The number of rotatable bonds is 0. The molecule has 3 rings (SSSR count). The Kier molecular flexibility index (Phi) is 2.38. The Hall–Kier alpha value is -2.75. The van der Waals surface area contributed by atoms with Crippen LogP contribution in [0.2, 0.25) is 0 Å². The molecule has 1 N–H and O–H groups in total. The monoisotopic (exact) mass is 282 g/mol. The van der Waals surface area contributed by atoms with Gasteiger partial charge in [0.25, 0.3) is 0 Å². The molecule has 3 bridgehead atoms. The number of carbonyl (C=O) groups excluding carboxylic acids is 3. The van der Waals surface area contributed by atoms with Gasteiger partial charge in [-0.3, -0.25) is 14.4 Å². The smallest absolute Gasteiger partial charge is 0.365 e. The molecule has 2 aliphatic rings. The van der Waals surface area contributed by atoms with Crippen molar-refractivity contribution in [2.75, 3.05) is 0 Å². The van der Waals surface area contributed by atoms with Crippen molar-refractivity contribution in [3.8, 4) is 11.8 Å². The van der Waals surface area contributed by atoms with Crippen LogP contribution in [0.25, 0.3) is 0 Å². The van der Waals surface area contributed by atoms with E-state index < -0.39 is 53.7 Å². The molecule has 104 valence electrons. The van der Waals surface area contributed by atoms with Gasteiger partial charge >= 0.3 is 29.5 Å². The summed E-state index contributed by atoms with van der Waals surface area (Å²) in [6.45, 7) is 0. The molecule has 10 nitrogen and oxygen atoms in total. The average molecular weight is 282 g/mol. The summed E-state index contributed by atoms with van der Waals surface area (Å²) < 4.78 is 9.61. The van der Waals surface area contributed by atoms with Crippen LogP contribution in [-0.4, -0.2) is 38.3 Å². The molecule has 0 saturated heterocycles. The summed E-state index contributed by atoms with van der Waals surface area (Å²) in [6, 6.07) is -0.600. The van der Waals surface area contributed by atoms with Crippen molar-refractivity contribution in [1.82, 2.24) is 9.71 Å². The number of carbonyl (C=O) groups is 3. The first-order valence-electron chi connectivity index (χ1n) is 5.38. The van der Waals surface area contributed by atoms with Crippen molar-refractivity contribution in [3.63, 3.8) is 0 Å². The molecule has 1 aromatic heterocycles. The first-order valence-corrected chi connectivity index (χ1v) is 5.38. The molecule has 1 atom stereocenters. The van der Waals surface area contributed by atoms with E-state index in [4.69, 9.17) is 4.74 Å². The lowest BCUT2D eigenvalue weighted by Crippen LogP contribution is -2.50. The first-order chi connectivity index (χ1) is 9.39. The molecule has 1 aromatic rings. The van der Waals surface area contributed by atoms with E-state index in [0.717, 1.165) is 6.20 Å². The standard InChI is InChI=1S/C10H6N2O8/c13-5-1-10(17)2-6(14)19-9-11-3-4(18-5)7(15)12(9)20-8(10)16/h3,17H,1-2H2. The summed E-state index contributed by atoms with van der Waals surface area (Å²) in [5, 5.41) is 10.1. The topological polar surface area (TPSA) is 134 Å². The van der Waals surface area contributed by atoms with Crippen molar-refractivity contribution in [3.05, 3.63) is 16.6 Å². The fourth-order valence-electron chi connectivity index (χ4n) is 1.78. The third kappa shape index (κ3) is 1.73. The molecule has 0 spiro atoms. The maximum absolute atomic E-state index is 11.9. The largest absolute Gasteiger partial charge is 0.419 e. The van der Waals surface area contributed by atoms with Gasteiger partial charge in [0.15, 0.2) is 5.60 Å². The van der Waals surface area contributed by atoms with Crippen LogP contribution in [0.5, 0.6) is 11.8 Å². The summed E-state index contributed by atoms with van der Waals surface area (Å²) in [5.41, 5.74) is -3.53. The second-order valence-electron chi connectivity index (χ2n) is 4.22. The SMILES string of the molecule is O=C1CC2(O)CC(=O)Oc3ncc(c(=O)n3OC2=O)O1. The Morgan fingerprint density at radius 2 is 1.80 bits per heavy atom. The molecule has 2 aliphatic heterocycles. The minimum atomic E-state index is -2.47. The third-order valence-corrected chi connectivity index (χ3v) is 2.72. The highest BCUT2D eigenvalue weighted by molar-refractivity contribution is 5.91. The van der Waals surface area contributed by atoms with Gasteiger partial charge in [0.1, 0.15) is 0 Å². The zero-order valence-electron chi connectivity index (χ0n) is 9.69. The lowest BCUT2D eigenvalue weighted by atomic mass is 9.96. The van der Waals surface area contributed by atoms with Crippen LogP contribution in [0, 0.1) is 0 Å². The number of esters is 2. The molecule has 20 heavy (non-hydrogen) atoms. The highest BCUT2D eigenvalue weighted by Gasteiger charge is 2.47. The quantitative estimate of drug-likeness (QED) is 0.514. The van der Waals surface area contributed by atoms with Gasteiger partial charge in [-0.1, -0.05) is 4.73 Å². The minimum absolute atomic E-state index is 0.248. The van der Waals surface area contributed by atoms with E-state index >= 15 is 0 Å². The Labute approximate surface area is 109 Å². The maximum Gasteiger partial charge on any atom is 0.365 e. The van der Waals surface area contributed by atoms with Crippen molar-refractivity contribution in [2.24, 2.45) is 0 Å². The number of ether oxygens (including phenoxy) is 2. The van der Waals surface area contributed by atoms with Crippen molar-refractivity contribution in [2.45, 2.75) is 18.4 Å². The van der Waals surface area contributed by atoms with Crippen LogP contribution >= 0.6 is 0 Å². The molecule has 1 unspecified atom stereocenters. The molecule has 0 aromatic carbocycles. The predicted molar refractivity (Wildman–Crippen MR) is 55.5 cm³/mol. The summed E-state index contributed by atoms with van der Waals surface area (Å²) >= 11 is 0. The Morgan fingerprint density at radius 3 is 2.50 bits per heavy atom. The number of fused-ring (bicyclic) bond motifs is 3. The highest BCUT2D eigenvalue weighted by Crippen LogP contribution is 2.24. The fourth-order valence-corrected chi connectivity index (χ4v) is 1.78. The van der Waals surface area contributed by atoms with Gasteiger partial charge in [-0.25, -0.2) is 4.79 Å². The molecule has 0 fully saturated rings. The van der Waals surface area contributed by atoms with Crippen LogP contribution in [0.4, 0.5) is 0 Å². The summed E-state index contributed by atoms with van der Waals surface area (Å²) in [6.07, 6.45) is -0.852. The van der Waals surface area contributed by atoms with Gasteiger partial charge < -0.3 is 19.4 Å². The number of aliphatic hydroxyl groups is 1. The number of hydrogen-bond acceptors (Lipinski definition) is 9. The first kappa shape index (κ1) is 12.3. The number of aromatic nitrogens is 2. The second kappa shape index (κ2) is 3.87. The van der Waals surface area contributed by atoms with Crippen LogP contribution in [0.3, 0.4) is 0 Å². The molecule has 3 heterocycles. The predicted octanol–water partition coefficient (Wildman–Crippen LogP) is -2.45. The van der Waals surface area contributed by atoms with Gasteiger partial charge in [0, 0.05) is 0 Å². The van der Waals surface area contributed by atoms with Crippen molar-refractivity contribution >= 4 is 17.9 Å². The molecule has 0 saturated carbocycles. The van der Waals surface area contributed by atoms with E-state index in [9.17, 15) is 24.3 Å². The molecule has 0 amide bonds. The Morgan fingerprint density at radius 1 is 1.15 bits per heavy atom. The van der Waals surface area contributed by atoms with Gasteiger partial charge in [-0.15, -0.1) is 0 Å². The fraction of sp³-hybridized carbons (Fsp3) is 0.300. The van der Waals surface area contributed by atoms with Crippen LogP contribution < -0.4 is 19.9 Å². The average Bonchev–Trinajstić information content (AvgIpc) is 2.36. The van der Waals surface area contributed by atoms with E-state index in [1.807, 2.05) is 0 Å². The lowest BCUT2D eigenvalue weighted by Gasteiger charge is -2.24. The molecule has 0 aliphatic carbocycles. The Bertz CT molecular complexity index is 708. The van der Waals surface area contributed by atoms with Crippen molar-refractivity contribution in [1.29, 1.82) is 0 Å². The van der Waals surface area contributed by atoms with E-state index in [-0.39, 0.29) is 4.73 Å².